The summed E-state index contributed by atoms with van der Waals surface area (Å²) >= 11 is 0. The van der Waals surface area contributed by atoms with Crippen molar-refractivity contribution in [3.8, 4) is 0 Å². The number of carbonyl (C=O) groups is 2. The predicted molar refractivity (Wildman–Crippen MR) is 38.6 cm³/mol. The van der Waals surface area contributed by atoms with Crippen LogP contribution in [0.3, 0.4) is 0 Å². The van der Waals surface area contributed by atoms with Gasteiger partial charge in [0.25, 0.3) is 0 Å². The summed E-state index contributed by atoms with van der Waals surface area (Å²) in [6.45, 7) is 1.85. The molecular weight excluding hydrogens is 146 g/mol. The highest BCUT2D eigenvalue weighted by molar-refractivity contribution is 6.27. The second-order valence-electron chi connectivity index (χ2n) is 2.25. The second-order valence-corrected chi connectivity index (χ2v) is 2.25. The average molecular weight is 155 g/mol. The van der Waals surface area contributed by atoms with Gasteiger partial charge in [0.05, 0.1) is 12.8 Å². The third-order valence-electron chi connectivity index (χ3n) is 1.20. The van der Waals surface area contributed by atoms with Gasteiger partial charge >= 0.3 is 0 Å². The van der Waals surface area contributed by atoms with E-state index < -0.39 is 0 Å². The zero-order valence-corrected chi connectivity index (χ0v) is 6.20. The summed E-state index contributed by atoms with van der Waals surface area (Å²) in [7, 11) is 0. The normalized spacial score (nSPS) is 16.8. The molecule has 5 nitrogen and oxygen atoms in total. The minimum absolute atomic E-state index is 0.00778. The van der Waals surface area contributed by atoms with Crippen molar-refractivity contribution in [3.63, 3.8) is 0 Å². The van der Waals surface area contributed by atoms with Crippen molar-refractivity contribution in [2.45, 2.75) is 13.3 Å². The molecular formula is C6H9N3O2. The van der Waals surface area contributed by atoms with E-state index in [9.17, 15) is 9.59 Å². The number of Topliss-reactive ketones (excluding diaryl/α,β-unsaturated/α-hetero) is 1. The molecule has 0 spiro atoms. The lowest BCUT2D eigenvalue weighted by molar-refractivity contribution is -0.125. The lowest BCUT2D eigenvalue weighted by Gasteiger charge is -2.20. The molecule has 0 aromatic rings. The summed E-state index contributed by atoms with van der Waals surface area (Å²) in [5, 5.41) is 5.03. The molecule has 1 N–H and O–H groups in total. The van der Waals surface area contributed by atoms with Crippen LogP contribution in [0.2, 0.25) is 0 Å². The fourth-order valence-electron chi connectivity index (χ4n) is 0.739. The smallest absolute Gasteiger partial charge is 0.236 e. The summed E-state index contributed by atoms with van der Waals surface area (Å²) in [5.74, 6) is -0.192. The van der Waals surface area contributed by atoms with Crippen LogP contribution >= 0.6 is 0 Å². The van der Waals surface area contributed by atoms with Gasteiger partial charge in [0.2, 0.25) is 5.91 Å². The maximum atomic E-state index is 10.6. The van der Waals surface area contributed by atoms with Crippen LogP contribution in [0.5, 0.6) is 0 Å². The zero-order chi connectivity index (χ0) is 8.27. The Hall–Kier alpha value is -1.39. The predicted octanol–water partition coefficient (Wildman–Crippen LogP) is -0.702. The Morgan fingerprint density at radius 3 is 3.00 bits per heavy atom. The Morgan fingerprint density at radius 2 is 2.55 bits per heavy atom. The number of ketones is 1. The largest absolute Gasteiger partial charge is 0.293 e. The Kier molecular flexibility index (Phi) is 2.20. The number of nitrogens with zero attached hydrogens (tertiary/aromatic N) is 2. The highest BCUT2D eigenvalue weighted by atomic mass is 16.2. The van der Waals surface area contributed by atoms with Gasteiger partial charge in [-0.25, -0.2) is 5.12 Å². The van der Waals surface area contributed by atoms with E-state index in [0.29, 0.717) is 13.0 Å². The molecule has 0 atom stereocenters. The van der Waals surface area contributed by atoms with Gasteiger partial charge in [0.15, 0.2) is 5.78 Å². The summed E-state index contributed by atoms with van der Waals surface area (Å²) in [5.41, 5.74) is 2.45. The van der Waals surface area contributed by atoms with Gasteiger partial charge in [-0.1, -0.05) is 0 Å². The van der Waals surface area contributed by atoms with E-state index >= 15 is 0 Å². The van der Waals surface area contributed by atoms with Gasteiger partial charge in [0.1, 0.15) is 0 Å². The maximum absolute atomic E-state index is 10.6. The zero-order valence-electron chi connectivity index (χ0n) is 6.20. The SMILES string of the molecule is CC(=O)NN1CCC(=O)C=N1. The number of hydrogen-bond acceptors (Lipinski definition) is 4. The summed E-state index contributed by atoms with van der Waals surface area (Å²) in [4.78, 5) is 21.1. The first-order valence-electron chi connectivity index (χ1n) is 3.30. The van der Waals surface area contributed by atoms with Gasteiger partial charge in [-0.05, 0) is 0 Å². The number of hydrazone groups is 1. The van der Waals surface area contributed by atoms with Crippen LogP contribution in [-0.2, 0) is 9.59 Å². The fraction of sp³-hybridized carbons (Fsp3) is 0.500. The van der Waals surface area contributed by atoms with Crippen molar-refractivity contribution >= 4 is 17.9 Å². The monoisotopic (exact) mass is 155 g/mol. The van der Waals surface area contributed by atoms with Crippen molar-refractivity contribution in [3.05, 3.63) is 0 Å². The van der Waals surface area contributed by atoms with E-state index in [1.807, 2.05) is 0 Å². The first kappa shape index (κ1) is 7.71. The summed E-state index contributed by atoms with van der Waals surface area (Å²) in [6.07, 6.45) is 1.61. The third kappa shape index (κ3) is 2.37. The quantitative estimate of drug-likeness (QED) is 0.544. The van der Waals surface area contributed by atoms with E-state index in [1.54, 1.807) is 0 Å². The van der Waals surface area contributed by atoms with Crippen LogP contribution < -0.4 is 5.43 Å². The molecule has 1 rings (SSSR count). The number of hydrogen-bond donors (Lipinski definition) is 1. The standard InChI is InChI=1S/C6H9N3O2/c1-5(10)8-9-3-2-6(11)4-7-9/h4H,2-3H2,1H3,(H,8,10). The Morgan fingerprint density at radius 1 is 1.82 bits per heavy atom. The molecule has 0 fully saturated rings. The molecule has 1 heterocycles. The van der Waals surface area contributed by atoms with Crippen molar-refractivity contribution in [1.82, 2.24) is 10.5 Å². The van der Waals surface area contributed by atoms with Gasteiger partial charge in [-0.15, -0.1) is 0 Å². The first-order chi connectivity index (χ1) is 5.18. The molecule has 11 heavy (non-hydrogen) atoms. The number of carbonyl (C=O) groups excluding carboxylic acids is 2. The van der Waals surface area contributed by atoms with Crippen LogP contribution in [0.4, 0.5) is 0 Å². The van der Waals surface area contributed by atoms with E-state index in [2.05, 4.69) is 10.5 Å². The molecule has 0 saturated heterocycles. The number of rotatable bonds is 1. The molecule has 0 aliphatic carbocycles. The molecule has 0 aromatic carbocycles. The van der Waals surface area contributed by atoms with Crippen LogP contribution in [-0.4, -0.2) is 29.6 Å². The molecule has 0 saturated carbocycles. The number of amides is 1. The van der Waals surface area contributed by atoms with Gasteiger partial charge < -0.3 is 0 Å². The summed E-state index contributed by atoms with van der Waals surface area (Å²) < 4.78 is 0. The Balaban J connectivity index is 2.44. The highest BCUT2D eigenvalue weighted by Crippen LogP contribution is 1.94. The van der Waals surface area contributed by atoms with E-state index in [-0.39, 0.29) is 11.7 Å². The van der Waals surface area contributed by atoms with Crippen LogP contribution in [0.25, 0.3) is 0 Å². The van der Waals surface area contributed by atoms with Crippen LogP contribution in [0.15, 0.2) is 5.10 Å². The van der Waals surface area contributed by atoms with Crippen molar-refractivity contribution in [2.75, 3.05) is 6.54 Å². The Bertz CT molecular complexity index is 212. The molecule has 0 aromatic heterocycles. The van der Waals surface area contributed by atoms with E-state index in [1.165, 1.54) is 18.3 Å². The van der Waals surface area contributed by atoms with Gasteiger partial charge in [-0.2, -0.15) is 5.10 Å². The van der Waals surface area contributed by atoms with Crippen molar-refractivity contribution in [2.24, 2.45) is 5.10 Å². The van der Waals surface area contributed by atoms with Crippen molar-refractivity contribution < 1.29 is 9.59 Å². The fourth-order valence-corrected chi connectivity index (χ4v) is 0.739. The molecule has 0 bridgehead atoms. The summed E-state index contributed by atoms with van der Waals surface area (Å²) in [6, 6.07) is 0. The van der Waals surface area contributed by atoms with Crippen LogP contribution in [0.1, 0.15) is 13.3 Å². The van der Waals surface area contributed by atoms with Crippen LogP contribution in [0, 0.1) is 0 Å². The van der Waals surface area contributed by atoms with E-state index in [4.69, 9.17) is 0 Å². The number of nitrogens with one attached hydrogen (secondary N) is 1. The minimum atomic E-state index is -0.184. The topological polar surface area (TPSA) is 61.8 Å². The van der Waals surface area contributed by atoms with Gasteiger partial charge in [-0.3, -0.25) is 15.0 Å². The Labute approximate surface area is 64.0 Å². The third-order valence-corrected chi connectivity index (χ3v) is 1.20. The first-order valence-corrected chi connectivity index (χ1v) is 3.30. The molecule has 0 radical (unpaired) electrons. The highest BCUT2D eigenvalue weighted by Gasteiger charge is 2.10. The molecule has 1 aliphatic rings. The lowest BCUT2D eigenvalue weighted by Crippen LogP contribution is -2.40. The molecule has 60 valence electrons. The molecule has 1 aliphatic heterocycles. The van der Waals surface area contributed by atoms with E-state index in [0.717, 1.165) is 0 Å². The second kappa shape index (κ2) is 3.14. The lowest BCUT2D eigenvalue weighted by atomic mass is 10.3. The number of hydrazine groups is 1. The molecule has 5 heteroatoms. The minimum Gasteiger partial charge on any atom is -0.293 e. The maximum Gasteiger partial charge on any atom is 0.236 e. The average Bonchev–Trinajstić information content (AvgIpc) is 1.93. The molecule has 0 unspecified atom stereocenters. The molecule has 1 amide bonds. The van der Waals surface area contributed by atoms with Crippen molar-refractivity contribution in [1.29, 1.82) is 0 Å². The van der Waals surface area contributed by atoms with Gasteiger partial charge in [0, 0.05) is 13.3 Å².